The molecule has 0 heterocycles. The van der Waals surface area contributed by atoms with Crippen LogP contribution in [0.4, 0.5) is 0 Å². The van der Waals surface area contributed by atoms with E-state index in [9.17, 15) is 19.2 Å². The summed E-state index contributed by atoms with van der Waals surface area (Å²) in [5, 5.41) is 5.22. The van der Waals surface area contributed by atoms with Gasteiger partial charge in [0.1, 0.15) is 0 Å². The number of ketones is 2. The summed E-state index contributed by atoms with van der Waals surface area (Å²) in [4.78, 5) is 43.5. The van der Waals surface area contributed by atoms with Crippen molar-refractivity contribution in [1.29, 1.82) is 0 Å². The third-order valence-corrected chi connectivity index (χ3v) is 3.09. The highest BCUT2D eigenvalue weighted by atomic mass is 16.2. The van der Waals surface area contributed by atoms with E-state index in [2.05, 4.69) is 10.6 Å². The van der Waals surface area contributed by atoms with Crippen LogP contribution < -0.4 is 10.6 Å². The second-order valence-corrected chi connectivity index (χ2v) is 5.07. The second-order valence-electron chi connectivity index (χ2n) is 5.07. The molecule has 0 aromatic heterocycles. The number of Topliss-reactive ketones (excluding diaryl/α,β-unsaturated/α-hetero) is 2. The van der Waals surface area contributed by atoms with Crippen molar-refractivity contribution in [1.82, 2.24) is 10.6 Å². The molecule has 0 aliphatic heterocycles. The first-order valence-electron chi connectivity index (χ1n) is 7.96. The van der Waals surface area contributed by atoms with Crippen LogP contribution in [0.2, 0.25) is 0 Å². The molecule has 2 amide bonds. The predicted octanol–water partition coefficient (Wildman–Crippen LogP) is 2.56. The van der Waals surface area contributed by atoms with Crippen molar-refractivity contribution in [3.63, 3.8) is 0 Å². The minimum Gasteiger partial charge on any atom is -0.346 e. The lowest BCUT2D eigenvalue weighted by Gasteiger charge is -2.12. The van der Waals surface area contributed by atoms with Crippen LogP contribution in [0.15, 0.2) is 12.2 Å². The lowest BCUT2D eigenvalue weighted by atomic mass is 10.1. The zero-order valence-corrected chi connectivity index (χ0v) is 15.1. The van der Waals surface area contributed by atoms with Gasteiger partial charge >= 0.3 is 0 Å². The molecule has 0 fully saturated rings. The van der Waals surface area contributed by atoms with Gasteiger partial charge in [-0.15, -0.1) is 0 Å². The van der Waals surface area contributed by atoms with Gasteiger partial charge < -0.3 is 10.6 Å². The van der Waals surface area contributed by atoms with Gasteiger partial charge in [-0.25, -0.2) is 0 Å². The first kappa shape index (κ1) is 26.9. The van der Waals surface area contributed by atoms with Gasteiger partial charge in [-0.05, 0) is 39.7 Å². The molecule has 2 N–H and O–H groups in total. The summed E-state index contributed by atoms with van der Waals surface area (Å²) in [6.45, 7) is 10.2. The van der Waals surface area contributed by atoms with Crippen molar-refractivity contribution in [2.24, 2.45) is 0 Å². The Morgan fingerprint density at radius 2 is 1.29 bits per heavy atom. The number of hydrogen-bond donors (Lipinski definition) is 2. The average molecular weight is 342 g/mol. The molecule has 0 saturated heterocycles. The second kappa shape index (κ2) is 15.9. The first-order valence-corrected chi connectivity index (χ1v) is 7.96. The Kier molecular flexibility index (Phi) is 17.8. The molecule has 0 spiro atoms. The molecule has 0 aromatic rings. The predicted molar refractivity (Wildman–Crippen MR) is 97.6 cm³/mol. The Hall–Kier alpha value is -1.98. The molecule has 0 saturated carbocycles. The van der Waals surface area contributed by atoms with Crippen LogP contribution in [0.5, 0.6) is 0 Å². The summed E-state index contributed by atoms with van der Waals surface area (Å²) in [7, 11) is 0. The van der Waals surface area contributed by atoms with Crippen molar-refractivity contribution < 1.29 is 19.2 Å². The quantitative estimate of drug-likeness (QED) is 0.663. The van der Waals surface area contributed by atoms with Crippen molar-refractivity contribution in [3.8, 4) is 0 Å². The van der Waals surface area contributed by atoms with Gasteiger partial charge in [-0.1, -0.05) is 34.3 Å². The molecular formula is C18H34N2O4. The summed E-state index contributed by atoms with van der Waals surface area (Å²) in [6, 6.07) is -0.629. The summed E-state index contributed by atoms with van der Waals surface area (Å²) in [5.74, 6) is -0.253. The summed E-state index contributed by atoms with van der Waals surface area (Å²) in [5.41, 5.74) is 0. The van der Waals surface area contributed by atoms with Crippen molar-refractivity contribution in [2.75, 3.05) is 0 Å². The fourth-order valence-corrected chi connectivity index (χ4v) is 1.65. The van der Waals surface area contributed by atoms with Crippen LogP contribution >= 0.6 is 0 Å². The summed E-state index contributed by atoms with van der Waals surface area (Å²) >= 11 is 0. The number of hydrogen-bond acceptors (Lipinski definition) is 4. The van der Waals surface area contributed by atoms with E-state index in [1.54, 1.807) is 19.9 Å². The van der Waals surface area contributed by atoms with Crippen molar-refractivity contribution in [2.45, 2.75) is 80.3 Å². The van der Waals surface area contributed by atoms with Gasteiger partial charge in [0.2, 0.25) is 11.8 Å². The molecule has 0 radical (unpaired) electrons. The van der Waals surface area contributed by atoms with Crippen LogP contribution in [-0.4, -0.2) is 35.5 Å². The molecule has 0 bridgehead atoms. The zero-order valence-electron chi connectivity index (χ0n) is 15.1. The lowest BCUT2D eigenvalue weighted by Crippen LogP contribution is -2.38. The van der Waals surface area contributed by atoms with Gasteiger partial charge in [0, 0.05) is 6.42 Å². The van der Waals surface area contributed by atoms with Gasteiger partial charge in [-0.2, -0.15) is 0 Å². The highest BCUT2D eigenvalue weighted by Gasteiger charge is 2.13. The molecule has 0 aromatic carbocycles. The number of carbonyl (C=O) groups excluding carboxylic acids is 4. The van der Waals surface area contributed by atoms with E-state index in [-0.39, 0.29) is 42.9 Å². The topological polar surface area (TPSA) is 92.3 Å². The molecule has 0 aliphatic rings. The highest BCUT2D eigenvalue weighted by Crippen LogP contribution is 1.93. The molecule has 24 heavy (non-hydrogen) atoms. The first-order chi connectivity index (χ1) is 10.7. The molecule has 0 rings (SSSR count). The van der Waals surface area contributed by atoms with E-state index in [0.717, 1.165) is 0 Å². The maximum absolute atomic E-state index is 11.0. The Morgan fingerprint density at radius 3 is 1.58 bits per heavy atom. The maximum atomic E-state index is 11.0. The van der Waals surface area contributed by atoms with Crippen LogP contribution in [0, 0.1) is 0 Å². The van der Waals surface area contributed by atoms with E-state index >= 15 is 0 Å². The van der Waals surface area contributed by atoms with Gasteiger partial charge in [0.15, 0.2) is 11.6 Å². The average Bonchev–Trinajstić information content (AvgIpc) is 2.50. The number of rotatable bonds is 8. The normalized spacial score (nSPS) is 12.1. The standard InChI is InChI=1S/C9H15NO2.C8H15NO2.CH4/c1-4-6-9(12)10-8(5-2)7(3)11;1-4-7(6(3)10)9-8(11)5-2;/h4,6,8H,5H2,1-3H3,(H,10,12);7H,4-5H2,1-3H3,(H,9,11);1H4. The SMILES string of the molecule is C.CC=CC(=O)NC(CC)C(C)=O.CCC(=O)NC(CC)C(C)=O. The van der Waals surface area contributed by atoms with Crippen LogP contribution in [0.3, 0.4) is 0 Å². The van der Waals surface area contributed by atoms with E-state index in [0.29, 0.717) is 19.3 Å². The van der Waals surface area contributed by atoms with Crippen molar-refractivity contribution in [3.05, 3.63) is 12.2 Å². The highest BCUT2D eigenvalue weighted by molar-refractivity contribution is 5.92. The molecule has 2 unspecified atom stereocenters. The molecule has 2 atom stereocenters. The number of amides is 2. The number of allylic oxidation sites excluding steroid dienone is 1. The lowest BCUT2D eigenvalue weighted by molar-refractivity contribution is -0.126. The van der Waals surface area contributed by atoms with Crippen LogP contribution in [-0.2, 0) is 19.2 Å². The molecule has 6 heteroatoms. The van der Waals surface area contributed by atoms with Gasteiger partial charge in [0.05, 0.1) is 12.1 Å². The van der Waals surface area contributed by atoms with Crippen LogP contribution in [0.1, 0.15) is 68.2 Å². The van der Waals surface area contributed by atoms with Gasteiger partial charge in [-0.3, -0.25) is 19.2 Å². The monoisotopic (exact) mass is 342 g/mol. The summed E-state index contributed by atoms with van der Waals surface area (Å²) in [6.07, 6.45) is 4.79. The summed E-state index contributed by atoms with van der Waals surface area (Å²) < 4.78 is 0. The molecule has 0 aliphatic carbocycles. The maximum Gasteiger partial charge on any atom is 0.244 e. The minimum absolute atomic E-state index is 0. The van der Waals surface area contributed by atoms with E-state index in [1.807, 2.05) is 13.8 Å². The Bertz CT molecular complexity index is 431. The number of nitrogens with one attached hydrogen (secondary N) is 2. The minimum atomic E-state index is -0.339. The molecule has 140 valence electrons. The largest absolute Gasteiger partial charge is 0.346 e. The Balaban J connectivity index is -0.000000354. The third-order valence-electron chi connectivity index (χ3n) is 3.09. The molecule has 6 nitrogen and oxygen atoms in total. The van der Waals surface area contributed by atoms with E-state index in [4.69, 9.17) is 0 Å². The fourth-order valence-electron chi connectivity index (χ4n) is 1.65. The van der Waals surface area contributed by atoms with Crippen LogP contribution in [0.25, 0.3) is 0 Å². The van der Waals surface area contributed by atoms with E-state index < -0.39 is 0 Å². The zero-order chi connectivity index (χ0) is 18.4. The number of carbonyl (C=O) groups is 4. The smallest absolute Gasteiger partial charge is 0.244 e. The molecular weight excluding hydrogens is 308 g/mol. The third kappa shape index (κ3) is 13.7. The van der Waals surface area contributed by atoms with E-state index in [1.165, 1.54) is 19.9 Å². The Labute approximate surface area is 146 Å². The fraction of sp³-hybridized carbons (Fsp3) is 0.667. The van der Waals surface area contributed by atoms with Crippen molar-refractivity contribution >= 4 is 23.4 Å². The van der Waals surface area contributed by atoms with Gasteiger partial charge in [0.25, 0.3) is 0 Å². The Morgan fingerprint density at radius 1 is 0.875 bits per heavy atom.